The number of benzene rings is 1. The zero-order valence-corrected chi connectivity index (χ0v) is 11.2. The van der Waals surface area contributed by atoms with E-state index in [-0.39, 0.29) is 0 Å². The van der Waals surface area contributed by atoms with Gasteiger partial charge < -0.3 is 0 Å². The molecule has 1 rings (SSSR count). The summed E-state index contributed by atoms with van der Waals surface area (Å²) in [6, 6.07) is 10.6. The molecule has 0 saturated heterocycles. The highest BCUT2D eigenvalue weighted by atomic mass is 32.2. The van der Waals surface area contributed by atoms with Crippen molar-refractivity contribution in [3.05, 3.63) is 53.0 Å². The van der Waals surface area contributed by atoms with Crippen molar-refractivity contribution in [2.24, 2.45) is 0 Å². The Hall–Kier alpha value is -0.950. The predicted molar refractivity (Wildman–Crippen MR) is 76.6 cm³/mol. The normalized spacial score (nSPS) is 12.9. The standard InChI is InChI=1S/C15H20S/c1-4-9-13(5-2)15(12-16-3)14-10-7-6-8-11-14/h6-12H,4-5H2,1-3H3/b13-9+,15-12-. The van der Waals surface area contributed by atoms with Gasteiger partial charge in [0.25, 0.3) is 0 Å². The smallest absolute Gasteiger partial charge is 0.00922 e. The third kappa shape index (κ3) is 3.57. The first-order valence-electron chi connectivity index (χ1n) is 5.81. The highest BCUT2D eigenvalue weighted by Gasteiger charge is 2.04. The van der Waals surface area contributed by atoms with Gasteiger partial charge >= 0.3 is 0 Å². The van der Waals surface area contributed by atoms with Crippen LogP contribution in [0.1, 0.15) is 32.3 Å². The molecule has 0 heterocycles. The Bertz CT molecular complexity index is 360. The summed E-state index contributed by atoms with van der Waals surface area (Å²) >= 11 is 1.77. The van der Waals surface area contributed by atoms with Crippen molar-refractivity contribution in [2.75, 3.05) is 6.26 Å². The van der Waals surface area contributed by atoms with Crippen LogP contribution in [0.25, 0.3) is 5.57 Å². The molecule has 0 bridgehead atoms. The Kier molecular flexibility index (Phi) is 6.02. The molecule has 0 fully saturated rings. The molecular formula is C15H20S. The highest BCUT2D eigenvalue weighted by Crippen LogP contribution is 2.27. The number of rotatable bonds is 5. The second kappa shape index (κ2) is 7.34. The van der Waals surface area contributed by atoms with Gasteiger partial charge in [-0.1, -0.05) is 50.3 Å². The van der Waals surface area contributed by atoms with E-state index in [0.717, 1.165) is 12.8 Å². The molecule has 0 radical (unpaired) electrons. The van der Waals surface area contributed by atoms with Crippen molar-refractivity contribution in [3.63, 3.8) is 0 Å². The summed E-state index contributed by atoms with van der Waals surface area (Å²) < 4.78 is 0. The van der Waals surface area contributed by atoms with Crippen LogP contribution in [0.3, 0.4) is 0 Å². The fraction of sp³-hybridized carbons (Fsp3) is 0.333. The predicted octanol–water partition coefficient (Wildman–Crippen LogP) is 5.14. The lowest BCUT2D eigenvalue weighted by molar-refractivity contribution is 1.10. The molecule has 1 heteroatoms. The molecule has 0 aliphatic heterocycles. The van der Waals surface area contributed by atoms with E-state index in [1.54, 1.807) is 11.8 Å². The summed E-state index contributed by atoms with van der Waals surface area (Å²) in [5.41, 5.74) is 4.14. The molecular weight excluding hydrogens is 212 g/mol. The Morgan fingerprint density at radius 2 is 1.88 bits per heavy atom. The minimum atomic E-state index is 1.09. The quantitative estimate of drug-likeness (QED) is 0.634. The van der Waals surface area contributed by atoms with E-state index < -0.39 is 0 Å². The van der Waals surface area contributed by atoms with Gasteiger partial charge in [-0.25, -0.2) is 0 Å². The van der Waals surface area contributed by atoms with E-state index >= 15 is 0 Å². The minimum absolute atomic E-state index is 1.09. The zero-order valence-electron chi connectivity index (χ0n) is 10.4. The van der Waals surface area contributed by atoms with Gasteiger partial charge in [0.2, 0.25) is 0 Å². The lowest BCUT2D eigenvalue weighted by atomic mass is 9.97. The van der Waals surface area contributed by atoms with Crippen molar-refractivity contribution in [3.8, 4) is 0 Å². The molecule has 0 nitrogen and oxygen atoms in total. The highest BCUT2D eigenvalue weighted by molar-refractivity contribution is 8.01. The summed E-state index contributed by atoms with van der Waals surface area (Å²) in [7, 11) is 0. The van der Waals surface area contributed by atoms with E-state index in [1.807, 2.05) is 0 Å². The maximum atomic E-state index is 2.33. The van der Waals surface area contributed by atoms with Crippen LogP contribution in [0.4, 0.5) is 0 Å². The van der Waals surface area contributed by atoms with E-state index in [2.05, 4.69) is 61.9 Å². The first-order chi connectivity index (χ1) is 7.83. The maximum Gasteiger partial charge on any atom is -0.00922 e. The molecule has 0 aliphatic carbocycles. The van der Waals surface area contributed by atoms with Crippen molar-refractivity contribution >= 4 is 17.3 Å². The van der Waals surface area contributed by atoms with Gasteiger partial charge in [-0.05, 0) is 41.2 Å². The minimum Gasteiger partial charge on any atom is -0.137 e. The van der Waals surface area contributed by atoms with Crippen molar-refractivity contribution < 1.29 is 0 Å². The average Bonchev–Trinajstić information content (AvgIpc) is 2.35. The third-order valence-corrected chi connectivity index (χ3v) is 2.97. The molecule has 0 atom stereocenters. The summed E-state index contributed by atoms with van der Waals surface area (Å²) in [6.45, 7) is 4.41. The van der Waals surface area contributed by atoms with Crippen LogP contribution in [0.2, 0.25) is 0 Å². The van der Waals surface area contributed by atoms with Crippen LogP contribution in [0, 0.1) is 0 Å². The molecule has 0 saturated carbocycles. The van der Waals surface area contributed by atoms with Crippen LogP contribution in [0.5, 0.6) is 0 Å². The Morgan fingerprint density at radius 3 is 2.38 bits per heavy atom. The number of hydrogen-bond acceptors (Lipinski definition) is 1. The summed E-state index contributed by atoms with van der Waals surface area (Å²) in [4.78, 5) is 0. The van der Waals surface area contributed by atoms with E-state index in [4.69, 9.17) is 0 Å². The Labute approximate surface area is 103 Å². The van der Waals surface area contributed by atoms with Crippen molar-refractivity contribution in [1.29, 1.82) is 0 Å². The van der Waals surface area contributed by atoms with Gasteiger partial charge in [-0.3, -0.25) is 0 Å². The van der Waals surface area contributed by atoms with Crippen molar-refractivity contribution in [1.82, 2.24) is 0 Å². The summed E-state index contributed by atoms with van der Waals surface area (Å²) in [6.07, 6.45) is 6.63. The molecule has 0 aromatic heterocycles. The van der Waals surface area contributed by atoms with Crippen LogP contribution in [0.15, 0.2) is 47.4 Å². The fourth-order valence-corrected chi connectivity index (χ4v) is 2.28. The topological polar surface area (TPSA) is 0 Å². The zero-order chi connectivity index (χ0) is 11.8. The molecule has 0 aliphatic rings. The Morgan fingerprint density at radius 1 is 1.19 bits per heavy atom. The first-order valence-corrected chi connectivity index (χ1v) is 7.10. The lowest BCUT2D eigenvalue weighted by Gasteiger charge is -2.10. The lowest BCUT2D eigenvalue weighted by Crippen LogP contribution is -1.89. The molecule has 16 heavy (non-hydrogen) atoms. The van der Waals surface area contributed by atoms with Gasteiger partial charge in [0.05, 0.1) is 0 Å². The van der Waals surface area contributed by atoms with Crippen LogP contribution in [-0.2, 0) is 0 Å². The number of thioether (sulfide) groups is 1. The summed E-state index contributed by atoms with van der Waals surface area (Å²) in [5.74, 6) is 0. The molecule has 86 valence electrons. The second-order valence-corrected chi connectivity index (χ2v) is 4.33. The average molecular weight is 232 g/mol. The van der Waals surface area contributed by atoms with Gasteiger partial charge in [-0.15, -0.1) is 11.8 Å². The van der Waals surface area contributed by atoms with Crippen molar-refractivity contribution in [2.45, 2.75) is 26.7 Å². The molecule has 0 N–H and O–H groups in total. The largest absolute Gasteiger partial charge is 0.137 e. The maximum absolute atomic E-state index is 2.33. The van der Waals surface area contributed by atoms with E-state index in [1.165, 1.54) is 16.7 Å². The number of allylic oxidation sites excluding steroid dienone is 3. The monoisotopic (exact) mass is 232 g/mol. The summed E-state index contributed by atoms with van der Waals surface area (Å²) in [5, 5.41) is 2.25. The molecule has 1 aromatic rings. The molecule has 0 amide bonds. The SMILES string of the molecule is CC/C=C(CC)/C(=C/SC)c1ccccc1. The van der Waals surface area contributed by atoms with Crippen LogP contribution >= 0.6 is 11.8 Å². The molecule has 0 spiro atoms. The van der Waals surface area contributed by atoms with Gasteiger partial charge in [0.15, 0.2) is 0 Å². The molecule has 0 unspecified atom stereocenters. The third-order valence-electron chi connectivity index (χ3n) is 2.50. The van der Waals surface area contributed by atoms with E-state index in [0.29, 0.717) is 0 Å². The first kappa shape index (κ1) is 13.1. The number of hydrogen-bond donors (Lipinski definition) is 0. The van der Waals surface area contributed by atoms with Gasteiger partial charge in [-0.2, -0.15) is 0 Å². The second-order valence-electron chi connectivity index (χ2n) is 3.62. The van der Waals surface area contributed by atoms with Gasteiger partial charge in [0, 0.05) is 0 Å². The van der Waals surface area contributed by atoms with Crippen LogP contribution in [-0.4, -0.2) is 6.26 Å². The van der Waals surface area contributed by atoms with E-state index in [9.17, 15) is 0 Å². The fourth-order valence-electron chi connectivity index (χ4n) is 1.76. The van der Waals surface area contributed by atoms with Gasteiger partial charge in [0.1, 0.15) is 0 Å². The molecule has 1 aromatic carbocycles. The Balaban J connectivity index is 3.10. The van der Waals surface area contributed by atoms with Crippen LogP contribution < -0.4 is 0 Å².